The molecule has 0 radical (unpaired) electrons. The Hall–Kier alpha value is -2.79. The van der Waals surface area contributed by atoms with Crippen molar-refractivity contribution in [3.8, 4) is 11.3 Å². The largest absolute Gasteiger partial charge is 0.417 e. The van der Waals surface area contributed by atoms with Gasteiger partial charge in [0.2, 0.25) is 0 Å². The van der Waals surface area contributed by atoms with Gasteiger partial charge < -0.3 is 15.2 Å². The second kappa shape index (κ2) is 8.15. The van der Waals surface area contributed by atoms with E-state index in [1.165, 1.54) is 30.2 Å². The van der Waals surface area contributed by atoms with Gasteiger partial charge in [0.05, 0.1) is 29.1 Å². The maximum atomic E-state index is 14.0. The van der Waals surface area contributed by atoms with Crippen molar-refractivity contribution < 1.29 is 17.6 Å². The van der Waals surface area contributed by atoms with Crippen LogP contribution in [0.1, 0.15) is 5.56 Å². The normalized spacial score (nSPS) is 19.0. The van der Waals surface area contributed by atoms with Crippen LogP contribution in [-0.4, -0.2) is 44.8 Å². The molecule has 2 atom stereocenters. The zero-order valence-corrected chi connectivity index (χ0v) is 16.4. The Morgan fingerprint density at radius 1 is 1.17 bits per heavy atom. The molecule has 1 aliphatic heterocycles. The van der Waals surface area contributed by atoms with Crippen LogP contribution in [0, 0.1) is 0 Å². The van der Waals surface area contributed by atoms with Crippen LogP contribution in [0.25, 0.3) is 22.2 Å². The molecule has 160 valence electrons. The average Bonchev–Trinajstić information content (AvgIpc) is 3.09. The fourth-order valence-corrected chi connectivity index (χ4v) is 3.19. The number of aryl methyl sites for hydroxylation is 1. The molecule has 0 unspecified atom stereocenters. The highest BCUT2D eigenvalue weighted by molar-refractivity contribution is 5.97. The second-order valence-electron chi connectivity index (χ2n) is 6.76. The molecule has 0 spiro atoms. The number of aromatic nitrogens is 4. The molecule has 2 N–H and O–H groups in total. The maximum Gasteiger partial charge on any atom is 0.417 e. The molecule has 3 aromatic rings. The monoisotopic (exact) mass is 444 g/mol. The highest BCUT2D eigenvalue weighted by atomic mass is 35.5. The van der Waals surface area contributed by atoms with E-state index in [1.807, 2.05) is 0 Å². The molecule has 1 aliphatic rings. The van der Waals surface area contributed by atoms with E-state index in [0.717, 1.165) is 6.07 Å². The lowest BCUT2D eigenvalue weighted by molar-refractivity contribution is -0.137. The Kier molecular flexibility index (Phi) is 5.95. The molecular weight excluding hydrogens is 428 g/mol. The van der Waals surface area contributed by atoms with Gasteiger partial charge in [-0.15, -0.1) is 12.4 Å². The Labute approximate surface area is 174 Å². The van der Waals surface area contributed by atoms with Crippen LogP contribution >= 0.6 is 12.4 Å². The first kappa shape index (κ1) is 21.9. The van der Waals surface area contributed by atoms with Crippen LogP contribution < -0.4 is 16.2 Å². The Morgan fingerprint density at radius 2 is 1.93 bits per heavy atom. The molecule has 30 heavy (non-hydrogen) atoms. The van der Waals surface area contributed by atoms with Crippen molar-refractivity contribution in [1.82, 2.24) is 24.8 Å². The van der Waals surface area contributed by atoms with E-state index < -0.39 is 29.5 Å². The van der Waals surface area contributed by atoms with Crippen LogP contribution in [0.5, 0.6) is 0 Å². The molecule has 0 aromatic carbocycles. The molecule has 7 nitrogen and oxygen atoms in total. The van der Waals surface area contributed by atoms with Crippen molar-refractivity contribution in [3.63, 3.8) is 0 Å². The predicted molar refractivity (Wildman–Crippen MR) is 105 cm³/mol. The maximum absolute atomic E-state index is 14.0. The molecule has 0 saturated carbocycles. The van der Waals surface area contributed by atoms with Gasteiger partial charge in [-0.1, -0.05) is 0 Å². The number of anilines is 1. The van der Waals surface area contributed by atoms with E-state index in [9.17, 15) is 22.4 Å². The van der Waals surface area contributed by atoms with Gasteiger partial charge in [0, 0.05) is 38.1 Å². The number of pyridine rings is 2. The SMILES string of the molecule is Cl.Cn1cnc2c(-c3ccc(C(F)(F)F)cn3)cnc(N[C@@H]3CNC[C@@H]3F)c2c1=O. The molecule has 1 saturated heterocycles. The fraction of sp³-hybridized carbons (Fsp3) is 0.333. The first-order valence-corrected chi connectivity index (χ1v) is 8.75. The lowest BCUT2D eigenvalue weighted by atomic mass is 10.1. The number of halogens is 5. The van der Waals surface area contributed by atoms with Gasteiger partial charge in [-0.3, -0.25) is 9.78 Å². The van der Waals surface area contributed by atoms with E-state index in [0.29, 0.717) is 18.3 Å². The number of nitrogens with one attached hydrogen (secondary N) is 2. The number of hydrogen-bond donors (Lipinski definition) is 2. The van der Waals surface area contributed by atoms with Crippen molar-refractivity contribution in [2.24, 2.45) is 7.05 Å². The van der Waals surface area contributed by atoms with Gasteiger partial charge in [-0.25, -0.2) is 14.4 Å². The second-order valence-corrected chi connectivity index (χ2v) is 6.76. The summed E-state index contributed by atoms with van der Waals surface area (Å²) in [7, 11) is 1.51. The summed E-state index contributed by atoms with van der Waals surface area (Å²) in [4.78, 5) is 25.1. The van der Waals surface area contributed by atoms with Crippen molar-refractivity contribution in [3.05, 3.63) is 46.8 Å². The van der Waals surface area contributed by atoms with E-state index in [4.69, 9.17) is 0 Å². The zero-order valence-electron chi connectivity index (χ0n) is 15.6. The molecule has 12 heteroatoms. The van der Waals surface area contributed by atoms with E-state index >= 15 is 0 Å². The predicted octanol–water partition coefficient (Wildman–Crippen LogP) is 2.55. The van der Waals surface area contributed by atoms with Gasteiger partial charge in [-0.2, -0.15) is 13.2 Å². The topological polar surface area (TPSA) is 84.7 Å². The number of hydrogen-bond acceptors (Lipinski definition) is 6. The minimum Gasteiger partial charge on any atom is -0.362 e. The highest BCUT2D eigenvalue weighted by Gasteiger charge is 2.31. The van der Waals surface area contributed by atoms with Crippen molar-refractivity contribution in [2.75, 3.05) is 18.4 Å². The Bertz CT molecular complexity index is 1120. The van der Waals surface area contributed by atoms with E-state index in [1.54, 1.807) is 0 Å². The molecule has 3 aromatic heterocycles. The Morgan fingerprint density at radius 3 is 2.53 bits per heavy atom. The third kappa shape index (κ3) is 3.94. The molecule has 0 aliphatic carbocycles. The van der Waals surface area contributed by atoms with E-state index in [2.05, 4.69) is 25.6 Å². The summed E-state index contributed by atoms with van der Waals surface area (Å²) >= 11 is 0. The molecule has 0 amide bonds. The van der Waals surface area contributed by atoms with Crippen molar-refractivity contribution >= 4 is 29.1 Å². The lowest BCUT2D eigenvalue weighted by Gasteiger charge is -2.17. The van der Waals surface area contributed by atoms with Crippen LogP contribution in [-0.2, 0) is 13.2 Å². The van der Waals surface area contributed by atoms with Gasteiger partial charge in [0.15, 0.2) is 0 Å². The summed E-state index contributed by atoms with van der Waals surface area (Å²) < 4.78 is 53.6. The van der Waals surface area contributed by atoms with Gasteiger partial charge in [0.25, 0.3) is 5.56 Å². The first-order valence-electron chi connectivity index (χ1n) is 8.75. The average molecular weight is 445 g/mol. The summed E-state index contributed by atoms with van der Waals surface area (Å²) in [5, 5.41) is 5.96. The molecule has 4 rings (SSSR count). The zero-order chi connectivity index (χ0) is 20.8. The quantitative estimate of drug-likeness (QED) is 0.604. The number of rotatable bonds is 3. The summed E-state index contributed by atoms with van der Waals surface area (Å²) in [6.45, 7) is 0.562. The third-order valence-electron chi connectivity index (χ3n) is 4.77. The van der Waals surface area contributed by atoms with Crippen molar-refractivity contribution in [2.45, 2.75) is 18.4 Å². The van der Waals surface area contributed by atoms with Crippen LogP contribution in [0.15, 0.2) is 35.6 Å². The Balaban J connectivity index is 0.00000256. The van der Waals surface area contributed by atoms with Crippen LogP contribution in [0.4, 0.5) is 23.4 Å². The summed E-state index contributed by atoms with van der Waals surface area (Å²) in [5.41, 5.74) is -0.588. The number of nitrogens with zero attached hydrogens (tertiary/aromatic N) is 4. The minimum atomic E-state index is -4.51. The highest BCUT2D eigenvalue weighted by Crippen LogP contribution is 2.32. The van der Waals surface area contributed by atoms with E-state index in [-0.39, 0.29) is 41.4 Å². The first-order chi connectivity index (χ1) is 13.8. The van der Waals surface area contributed by atoms with Crippen LogP contribution in [0.2, 0.25) is 0 Å². The molecule has 1 fully saturated rings. The summed E-state index contributed by atoms with van der Waals surface area (Å²) in [6, 6.07) is 1.54. The number of fused-ring (bicyclic) bond motifs is 1. The molecule has 4 heterocycles. The van der Waals surface area contributed by atoms with Gasteiger partial charge >= 0.3 is 6.18 Å². The van der Waals surface area contributed by atoms with Crippen LogP contribution in [0.3, 0.4) is 0 Å². The van der Waals surface area contributed by atoms with Gasteiger partial charge in [-0.05, 0) is 12.1 Å². The third-order valence-corrected chi connectivity index (χ3v) is 4.77. The fourth-order valence-electron chi connectivity index (χ4n) is 3.19. The minimum absolute atomic E-state index is 0. The van der Waals surface area contributed by atoms with Gasteiger partial charge in [0.1, 0.15) is 17.4 Å². The number of alkyl halides is 4. The lowest BCUT2D eigenvalue weighted by Crippen LogP contribution is -2.31. The molecule has 0 bridgehead atoms. The molecular formula is C18H17ClF4N6O. The smallest absolute Gasteiger partial charge is 0.362 e. The van der Waals surface area contributed by atoms with Crippen molar-refractivity contribution in [1.29, 1.82) is 0 Å². The summed E-state index contributed by atoms with van der Waals surface area (Å²) in [5.74, 6) is 0.167. The summed E-state index contributed by atoms with van der Waals surface area (Å²) in [6.07, 6.45) is -2.28. The standard InChI is InChI=1S/C18H16F4N6O.ClH/c1-28-8-26-15-10(12-3-2-9(4-24-12)18(20,21)22)5-25-16(14(15)17(28)29)27-13-7-23-6-11(13)19;/h2-5,8,11,13,23H,6-7H2,1H3,(H,25,27);1H/t11-,13+;/m0./s1.